The maximum Gasteiger partial charge on any atom is 0.330 e. The lowest BCUT2D eigenvalue weighted by molar-refractivity contribution is -0.129. The van der Waals surface area contributed by atoms with Gasteiger partial charge in [0.1, 0.15) is 17.4 Å². The molecule has 0 radical (unpaired) electrons. The van der Waals surface area contributed by atoms with Gasteiger partial charge in [0.25, 0.3) is 0 Å². The smallest absolute Gasteiger partial charge is 0.330 e. The quantitative estimate of drug-likeness (QED) is 0.260. The highest BCUT2D eigenvalue weighted by atomic mass is 16.5. The Labute approximate surface area is 272 Å². The number of hydrogen-bond donors (Lipinski definition) is 3. The van der Waals surface area contributed by atoms with Crippen molar-refractivity contribution < 1.29 is 19.1 Å². The van der Waals surface area contributed by atoms with Gasteiger partial charge in [-0.3, -0.25) is 14.6 Å². The van der Waals surface area contributed by atoms with Crippen molar-refractivity contribution in [3.8, 4) is 5.75 Å². The molecule has 6 rings (SSSR count). The van der Waals surface area contributed by atoms with Crippen LogP contribution in [0.3, 0.4) is 0 Å². The van der Waals surface area contributed by atoms with Crippen LogP contribution in [0.25, 0.3) is 0 Å². The predicted molar refractivity (Wildman–Crippen MR) is 181 cm³/mol. The first-order chi connectivity index (χ1) is 22.7. The molecule has 47 heavy (non-hydrogen) atoms. The summed E-state index contributed by atoms with van der Waals surface area (Å²) in [5.41, 5.74) is 4.04. The van der Waals surface area contributed by atoms with Crippen LogP contribution in [0.15, 0.2) is 67.0 Å². The Morgan fingerprint density at radius 1 is 0.915 bits per heavy atom. The second-order valence-electron chi connectivity index (χ2n) is 11.3. The summed E-state index contributed by atoms with van der Waals surface area (Å²) in [6, 6.07) is 15.6. The second kappa shape index (κ2) is 13.2. The Hall–Kier alpha value is -5.92. The van der Waals surface area contributed by atoms with Gasteiger partial charge in [0.05, 0.1) is 36.9 Å². The van der Waals surface area contributed by atoms with Gasteiger partial charge in [-0.2, -0.15) is 4.98 Å². The number of methoxy groups -OCH3 is 1. The molecule has 4 heterocycles. The third-order valence-electron chi connectivity index (χ3n) is 8.17. The number of nitrogens with one attached hydrogen (secondary N) is 3. The first kappa shape index (κ1) is 31.1. The minimum Gasteiger partial charge on any atom is -0.495 e. The van der Waals surface area contributed by atoms with Crippen LogP contribution in [0.4, 0.5) is 49.9 Å². The van der Waals surface area contributed by atoms with E-state index in [0.717, 1.165) is 30.0 Å². The predicted octanol–water partition coefficient (Wildman–Crippen LogP) is 4.82. The van der Waals surface area contributed by atoms with Gasteiger partial charge < -0.3 is 30.5 Å². The molecule has 14 heteroatoms. The number of carbonyl (C=O) groups is 3. The van der Waals surface area contributed by atoms with Crippen molar-refractivity contribution >= 4 is 58.3 Å². The zero-order valence-corrected chi connectivity index (χ0v) is 26.6. The average molecular weight is 637 g/mol. The van der Waals surface area contributed by atoms with Gasteiger partial charge in [-0.05, 0) is 48.9 Å². The van der Waals surface area contributed by atoms with Crippen LogP contribution >= 0.6 is 0 Å². The summed E-state index contributed by atoms with van der Waals surface area (Å²) in [6.45, 7) is 6.55. The number of hydrogen-bond acceptors (Lipinski definition) is 9. The van der Waals surface area contributed by atoms with Crippen LogP contribution in [0.2, 0.25) is 0 Å². The number of anilines is 7. The topological polar surface area (TPSA) is 148 Å². The van der Waals surface area contributed by atoms with Crippen molar-refractivity contribution in [3.63, 3.8) is 0 Å². The van der Waals surface area contributed by atoms with E-state index in [0.29, 0.717) is 53.4 Å². The Morgan fingerprint density at radius 3 is 2.40 bits per heavy atom. The molecule has 3 N–H and O–H groups in total. The molecule has 4 aromatic rings. The van der Waals surface area contributed by atoms with Crippen molar-refractivity contribution in [2.24, 2.45) is 0 Å². The number of ether oxygens (including phenoxy) is 1. The van der Waals surface area contributed by atoms with Crippen molar-refractivity contribution in [2.45, 2.75) is 20.4 Å². The molecule has 14 nitrogen and oxygen atoms in total. The number of urea groups is 2. The number of pyridine rings is 1. The lowest BCUT2D eigenvalue weighted by Crippen LogP contribution is -2.48. The minimum atomic E-state index is -0.442. The maximum absolute atomic E-state index is 13.6. The number of rotatable bonds is 7. The largest absolute Gasteiger partial charge is 0.495 e. The second-order valence-corrected chi connectivity index (χ2v) is 11.3. The lowest BCUT2D eigenvalue weighted by Gasteiger charge is -2.35. The van der Waals surface area contributed by atoms with Gasteiger partial charge in [0, 0.05) is 57.6 Å². The highest BCUT2D eigenvalue weighted by Crippen LogP contribution is 2.33. The molecule has 1 saturated heterocycles. The fourth-order valence-electron chi connectivity index (χ4n) is 5.59. The summed E-state index contributed by atoms with van der Waals surface area (Å²) in [6.07, 6.45) is 3.42. The molecule has 0 saturated carbocycles. The Morgan fingerprint density at radius 2 is 1.68 bits per heavy atom. The SMILES string of the molecule is COc1ccccc1NC(=O)Nc1ccc(C)c(N2Cc3cnc(Nc4ccc(N5CCN(C(C)=O)CC5)nc4)nc3N(C)C2=O)c1. The van der Waals surface area contributed by atoms with Crippen LogP contribution in [-0.4, -0.2) is 78.2 Å². The molecule has 0 atom stereocenters. The summed E-state index contributed by atoms with van der Waals surface area (Å²) in [7, 11) is 3.21. The molecule has 1 fully saturated rings. The van der Waals surface area contributed by atoms with Crippen molar-refractivity contribution in [1.82, 2.24) is 19.9 Å². The van der Waals surface area contributed by atoms with Crippen LogP contribution < -0.4 is 35.4 Å². The van der Waals surface area contributed by atoms with Gasteiger partial charge in [0.2, 0.25) is 11.9 Å². The van der Waals surface area contributed by atoms with Crippen LogP contribution in [0, 0.1) is 6.92 Å². The fourth-order valence-corrected chi connectivity index (χ4v) is 5.59. The third-order valence-corrected chi connectivity index (χ3v) is 8.17. The molecule has 2 aliphatic rings. The first-order valence-electron chi connectivity index (χ1n) is 15.2. The molecule has 0 aliphatic carbocycles. The number of aromatic nitrogens is 3. The molecule has 0 bridgehead atoms. The standard InChI is InChI=1S/C33H36N10O4/c1-21-9-10-24(37-32(45)38-26-7-5-6-8-28(26)47-4)17-27(21)43-20-23-18-35-31(39-30(23)40(3)33(43)46)36-25-11-12-29(34-19-25)42-15-13-41(14-16-42)22(2)44/h5-12,17-19H,13-16,20H2,1-4H3,(H,35,36,39)(H2,37,38,45). The van der Waals surface area contributed by atoms with Crippen molar-refractivity contribution in [1.29, 1.82) is 0 Å². The lowest BCUT2D eigenvalue weighted by atomic mass is 10.1. The summed E-state index contributed by atoms with van der Waals surface area (Å²) < 4.78 is 5.31. The first-order valence-corrected chi connectivity index (χ1v) is 15.2. The van der Waals surface area contributed by atoms with Gasteiger partial charge >= 0.3 is 12.1 Å². The third kappa shape index (κ3) is 6.71. The van der Waals surface area contributed by atoms with E-state index in [1.807, 2.05) is 36.1 Å². The number of aryl methyl sites for hydroxylation is 1. The normalized spacial score (nSPS) is 14.4. The summed E-state index contributed by atoms with van der Waals surface area (Å²) in [5.74, 6) is 2.30. The van der Waals surface area contributed by atoms with E-state index in [1.54, 1.807) is 61.6 Å². The van der Waals surface area contributed by atoms with Gasteiger partial charge in [-0.1, -0.05) is 18.2 Å². The van der Waals surface area contributed by atoms with E-state index >= 15 is 0 Å². The highest BCUT2D eigenvalue weighted by Gasteiger charge is 2.32. The van der Waals surface area contributed by atoms with Crippen LogP contribution in [0.1, 0.15) is 18.1 Å². The van der Waals surface area contributed by atoms with E-state index in [4.69, 9.17) is 4.74 Å². The molecule has 242 valence electrons. The molecular formula is C33H36N10O4. The van der Waals surface area contributed by atoms with Crippen LogP contribution in [-0.2, 0) is 11.3 Å². The zero-order chi connectivity index (χ0) is 33.1. The molecule has 2 aromatic carbocycles. The van der Waals surface area contributed by atoms with E-state index < -0.39 is 6.03 Å². The van der Waals surface area contributed by atoms with Crippen LogP contribution in [0.5, 0.6) is 5.75 Å². The number of para-hydroxylation sites is 2. The number of fused-ring (bicyclic) bond motifs is 1. The summed E-state index contributed by atoms with van der Waals surface area (Å²) in [4.78, 5) is 58.9. The molecule has 0 unspecified atom stereocenters. The number of benzene rings is 2. The molecule has 2 aromatic heterocycles. The van der Waals surface area contributed by atoms with Gasteiger partial charge in [0.15, 0.2) is 0 Å². The Balaban J connectivity index is 1.13. The number of carbonyl (C=O) groups excluding carboxylic acids is 3. The number of piperazine rings is 1. The monoisotopic (exact) mass is 636 g/mol. The van der Waals surface area contributed by atoms with E-state index in [1.165, 1.54) is 12.0 Å². The van der Waals surface area contributed by atoms with Crippen molar-refractivity contribution in [3.05, 3.63) is 78.1 Å². The van der Waals surface area contributed by atoms with E-state index in [-0.39, 0.29) is 18.5 Å². The van der Waals surface area contributed by atoms with Gasteiger partial charge in [-0.15, -0.1) is 0 Å². The number of amides is 5. The van der Waals surface area contributed by atoms with Gasteiger partial charge in [-0.25, -0.2) is 19.6 Å². The molecule has 0 spiro atoms. The Bertz CT molecular complexity index is 1810. The average Bonchev–Trinajstić information content (AvgIpc) is 3.08. The number of nitrogens with zero attached hydrogens (tertiary/aromatic N) is 7. The molecular weight excluding hydrogens is 600 g/mol. The van der Waals surface area contributed by atoms with E-state index in [2.05, 4.69) is 35.8 Å². The summed E-state index contributed by atoms with van der Waals surface area (Å²) in [5, 5.41) is 8.82. The maximum atomic E-state index is 13.6. The Kier molecular flexibility index (Phi) is 8.73. The van der Waals surface area contributed by atoms with Crippen molar-refractivity contribution in [2.75, 3.05) is 71.0 Å². The zero-order valence-electron chi connectivity index (χ0n) is 26.6. The summed E-state index contributed by atoms with van der Waals surface area (Å²) >= 11 is 0. The minimum absolute atomic E-state index is 0.0893. The fraction of sp³-hybridized carbons (Fsp3) is 0.273. The molecule has 2 aliphatic heterocycles. The molecule has 5 amide bonds. The highest BCUT2D eigenvalue weighted by molar-refractivity contribution is 6.06. The van der Waals surface area contributed by atoms with E-state index in [9.17, 15) is 14.4 Å².